The number of halogens is 1. The van der Waals surface area contributed by atoms with Gasteiger partial charge < -0.3 is 10.1 Å². The largest absolute Gasteiger partial charge is 0.482 e. The number of benzene rings is 2. The number of amides is 2. The predicted molar refractivity (Wildman–Crippen MR) is 90.7 cm³/mol. The molecule has 0 fully saturated rings. The van der Waals surface area contributed by atoms with Gasteiger partial charge in [0.15, 0.2) is 6.61 Å². The zero-order chi connectivity index (χ0) is 18.8. The molecule has 1 N–H and O–H groups in total. The van der Waals surface area contributed by atoms with Crippen molar-refractivity contribution in [2.24, 2.45) is 0 Å². The summed E-state index contributed by atoms with van der Waals surface area (Å²) in [6.45, 7) is 1.01. The fraction of sp³-hybridized carbons (Fsp3) is 0.176. The summed E-state index contributed by atoms with van der Waals surface area (Å²) in [7, 11) is 0. The second-order valence-electron chi connectivity index (χ2n) is 5.69. The van der Waals surface area contributed by atoms with Crippen LogP contribution in [0.25, 0.3) is 0 Å². The summed E-state index contributed by atoms with van der Waals surface area (Å²) in [5, 5.41) is 13.6. The van der Waals surface area contributed by atoms with E-state index in [9.17, 15) is 24.1 Å². The summed E-state index contributed by atoms with van der Waals surface area (Å²) < 4.78 is 18.4. The van der Waals surface area contributed by atoms with Crippen LogP contribution in [-0.4, -0.2) is 29.9 Å². The minimum absolute atomic E-state index is 0.154. The van der Waals surface area contributed by atoms with Crippen LogP contribution in [0.2, 0.25) is 0 Å². The second kappa shape index (κ2) is 6.79. The predicted octanol–water partition coefficient (Wildman–Crippen LogP) is 2.41. The third-order valence-corrected chi connectivity index (χ3v) is 3.86. The first-order valence-electron chi connectivity index (χ1n) is 7.63. The van der Waals surface area contributed by atoms with Crippen LogP contribution in [0, 0.1) is 22.9 Å². The van der Waals surface area contributed by atoms with Crippen molar-refractivity contribution in [2.75, 3.05) is 23.4 Å². The summed E-state index contributed by atoms with van der Waals surface area (Å²) in [5.74, 6) is -1.16. The highest BCUT2D eigenvalue weighted by molar-refractivity contribution is 6.05. The highest BCUT2D eigenvalue weighted by Gasteiger charge is 2.29. The molecule has 0 bridgehead atoms. The fourth-order valence-corrected chi connectivity index (χ4v) is 2.58. The summed E-state index contributed by atoms with van der Waals surface area (Å²) in [6.07, 6.45) is 0. The van der Waals surface area contributed by atoms with Gasteiger partial charge in [0.25, 0.3) is 11.6 Å². The molecule has 3 rings (SSSR count). The van der Waals surface area contributed by atoms with Gasteiger partial charge in [-0.05, 0) is 36.8 Å². The maximum atomic E-state index is 13.1. The second-order valence-corrected chi connectivity index (χ2v) is 5.69. The smallest absolute Gasteiger partial charge is 0.271 e. The third kappa shape index (κ3) is 3.46. The van der Waals surface area contributed by atoms with E-state index in [-0.39, 0.29) is 30.3 Å². The Morgan fingerprint density at radius 3 is 2.81 bits per heavy atom. The van der Waals surface area contributed by atoms with Gasteiger partial charge in [0.2, 0.25) is 5.91 Å². The zero-order valence-electron chi connectivity index (χ0n) is 13.7. The average Bonchev–Trinajstić information content (AvgIpc) is 2.59. The molecule has 1 aliphatic rings. The Hall–Kier alpha value is -3.49. The minimum atomic E-state index is -0.598. The van der Waals surface area contributed by atoms with Crippen LogP contribution in [0.4, 0.5) is 21.5 Å². The normalized spacial score (nSPS) is 13.0. The molecule has 0 spiro atoms. The number of nitrogens with zero attached hydrogens (tertiary/aromatic N) is 2. The molecule has 8 nitrogen and oxygen atoms in total. The van der Waals surface area contributed by atoms with Crippen LogP contribution in [0.5, 0.6) is 5.75 Å². The van der Waals surface area contributed by atoms with Crippen LogP contribution < -0.4 is 15.0 Å². The monoisotopic (exact) mass is 359 g/mol. The molecule has 0 saturated carbocycles. The van der Waals surface area contributed by atoms with Crippen LogP contribution in [-0.2, 0) is 9.59 Å². The molecule has 0 saturated heterocycles. The number of nitro groups is 1. The maximum Gasteiger partial charge on any atom is 0.271 e. The Morgan fingerprint density at radius 2 is 2.12 bits per heavy atom. The third-order valence-electron chi connectivity index (χ3n) is 3.86. The number of ether oxygens (including phenoxy) is 1. The molecular weight excluding hydrogens is 345 g/mol. The van der Waals surface area contributed by atoms with Gasteiger partial charge in [0.1, 0.15) is 18.1 Å². The van der Waals surface area contributed by atoms with Crippen molar-refractivity contribution < 1.29 is 23.6 Å². The molecule has 1 heterocycles. The number of hydrogen-bond donors (Lipinski definition) is 1. The molecule has 0 aliphatic carbocycles. The number of nitro benzene ring substituents is 1. The molecule has 0 aromatic heterocycles. The number of carbonyl (C=O) groups excluding carboxylic acids is 2. The molecular formula is C17H14FN3O5. The van der Waals surface area contributed by atoms with Gasteiger partial charge in [0, 0.05) is 17.8 Å². The Balaban J connectivity index is 1.83. The molecule has 1 aliphatic heterocycles. The quantitative estimate of drug-likeness (QED) is 0.667. The molecule has 9 heteroatoms. The first-order chi connectivity index (χ1) is 12.3. The summed E-state index contributed by atoms with van der Waals surface area (Å²) in [5.41, 5.74) is 0.877. The molecule has 2 amide bonds. The van der Waals surface area contributed by atoms with Gasteiger partial charge in [-0.15, -0.1) is 0 Å². The van der Waals surface area contributed by atoms with E-state index in [1.165, 1.54) is 36.4 Å². The Morgan fingerprint density at radius 1 is 1.35 bits per heavy atom. The molecule has 2 aromatic carbocycles. The number of nitrogens with one attached hydrogen (secondary N) is 1. The van der Waals surface area contributed by atoms with Crippen molar-refractivity contribution in [3.05, 3.63) is 57.9 Å². The maximum absolute atomic E-state index is 13.1. The lowest BCUT2D eigenvalue weighted by Gasteiger charge is -2.28. The van der Waals surface area contributed by atoms with Crippen molar-refractivity contribution in [3.63, 3.8) is 0 Å². The van der Waals surface area contributed by atoms with E-state index < -0.39 is 22.6 Å². The highest BCUT2D eigenvalue weighted by atomic mass is 19.1. The number of aryl methyl sites for hydroxylation is 1. The van der Waals surface area contributed by atoms with E-state index in [0.717, 1.165) is 4.90 Å². The summed E-state index contributed by atoms with van der Waals surface area (Å²) in [4.78, 5) is 35.9. The minimum Gasteiger partial charge on any atom is -0.482 e. The standard InChI is InChI=1S/C17H14FN3O5/c1-10-6-11(18)2-4-13(10)19-16(22)8-20-14-7-12(21(24)25)3-5-15(14)26-9-17(20)23/h2-7H,8-9H2,1H3,(H,19,22). The van der Waals surface area contributed by atoms with Crippen LogP contribution in [0.15, 0.2) is 36.4 Å². The van der Waals surface area contributed by atoms with E-state index in [4.69, 9.17) is 4.74 Å². The van der Waals surface area contributed by atoms with Gasteiger partial charge in [-0.3, -0.25) is 24.6 Å². The molecule has 134 valence electrons. The molecule has 0 radical (unpaired) electrons. The SMILES string of the molecule is Cc1cc(F)ccc1NC(=O)CN1C(=O)COc2ccc([N+](=O)[O-])cc21. The van der Waals surface area contributed by atoms with Gasteiger partial charge >= 0.3 is 0 Å². The number of hydrogen-bond acceptors (Lipinski definition) is 5. The molecule has 2 aromatic rings. The van der Waals surface area contributed by atoms with E-state index in [0.29, 0.717) is 11.3 Å². The van der Waals surface area contributed by atoms with E-state index in [1.807, 2.05) is 0 Å². The molecule has 26 heavy (non-hydrogen) atoms. The van der Waals surface area contributed by atoms with Gasteiger partial charge in [0.05, 0.1) is 10.6 Å². The average molecular weight is 359 g/mol. The van der Waals surface area contributed by atoms with Crippen molar-refractivity contribution >= 4 is 28.9 Å². The highest BCUT2D eigenvalue weighted by Crippen LogP contribution is 2.35. The first kappa shape index (κ1) is 17.3. The van der Waals surface area contributed by atoms with Crippen molar-refractivity contribution in [1.29, 1.82) is 0 Å². The van der Waals surface area contributed by atoms with Gasteiger partial charge in [-0.25, -0.2) is 4.39 Å². The number of carbonyl (C=O) groups is 2. The summed E-state index contributed by atoms with van der Waals surface area (Å²) in [6, 6.07) is 7.73. The van der Waals surface area contributed by atoms with Crippen molar-refractivity contribution in [3.8, 4) is 5.75 Å². The zero-order valence-corrected chi connectivity index (χ0v) is 13.7. The van der Waals surface area contributed by atoms with Gasteiger partial charge in [-0.1, -0.05) is 0 Å². The molecule has 0 atom stereocenters. The molecule has 0 unspecified atom stereocenters. The van der Waals surface area contributed by atoms with Crippen molar-refractivity contribution in [2.45, 2.75) is 6.92 Å². The van der Waals surface area contributed by atoms with Gasteiger partial charge in [-0.2, -0.15) is 0 Å². The Bertz CT molecular complexity index is 915. The number of anilines is 2. The van der Waals surface area contributed by atoms with E-state index in [2.05, 4.69) is 5.32 Å². The van der Waals surface area contributed by atoms with Crippen LogP contribution >= 0.6 is 0 Å². The fourth-order valence-electron chi connectivity index (χ4n) is 2.58. The van der Waals surface area contributed by atoms with Crippen molar-refractivity contribution in [1.82, 2.24) is 0 Å². The van der Waals surface area contributed by atoms with E-state index >= 15 is 0 Å². The number of fused-ring (bicyclic) bond motifs is 1. The Kier molecular flexibility index (Phi) is 4.53. The van der Waals surface area contributed by atoms with Crippen LogP contribution in [0.1, 0.15) is 5.56 Å². The van der Waals surface area contributed by atoms with E-state index in [1.54, 1.807) is 6.92 Å². The lowest BCUT2D eigenvalue weighted by Crippen LogP contribution is -2.43. The number of rotatable bonds is 4. The summed E-state index contributed by atoms with van der Waals surface area (Å²) >= 11 is 0. The lowest BCUT2D eigenvalue weighted by atomic mass is 10.2. The topological polar surface area (TPSA) is 102 Å². The number of non-ortho nitro benzene ring substituents is 1. The Labute approximate surface area is 147 Å². The lowest BCUT2D eigenvalue weighted by molar-refractivity contribution is -0.384. The first-order valence-corrected chi connectivity index (χ1v) is 7.63. The van der Waals surface area contributed by atoms with Crippen LogP contribution in [0.3, 0.4) is 0 Å².